The number of rotatable bonds is 2. The van der Waals surface area contributed by atoms with Crippen molar-refractivity contribution < 1.29 is 4.74 Å². The third-order valence-corrected chi connectivity index (χ3v) is 4.51. The van der Waals surface area contributed by atoms with Gasteiger partial charge in [-0.15, -0.1) is 0 Å². The first kappa shape index (κ1) is 12.6. The molecule has 5 heteroatoms. The first-order chi connectivity index (χ1) is 10.3. The van der Waals surface area contributed by atoms with E-state index >= 15 is 0 Å². The standard InChI is InChI=1S/C16H18N4O/c1-21-11-7-6-10(8-11)20-15-12-4-2-3-5-13(12)18-9-14(15)19-16(20)17/h2-5,9-11H,6-8H2,1H3,(H2,17,19). The maximum Gasteiger partial charge on any atom is 0.201 e. The van der Waals surface area contributed by atoms with E-state index in [0.717, 1.165) is 41.2 Å². The summed E-state index contributed by atoms with van der Waals surface area (Å²) in [6, 6.07) is 8.50. The third kappa shape index (κ3) is 1.88. The van der Waals surface area contributed by atoms with Gasteiger partial charge in [0, 0.05) is 18.5 Å². The summed E-state index contributed by atoms with van der Waals surface area (Å²) in [4.78, 5) is 8.96. The lowest BCUT2D eigenvalue weighted by molar-refractivity contribution is 0.106. The highest BCUT2D eigenvalue weighted by Crippen LogP contribution is 2.37. The molecule has 2 atom stereocenters. The van der Waals surface area contributed by atoms with E-state index in [9.17, 15) is 0 Å². The minimum Gasteiger partial charge on any atom is -0.381 e. The molecule has 2 N–H and O–H groups in total. The summed E-state index contributed by atoms with van der Waals surface area (Å²) < 4.78 is 7.67. The second-order valence-electron chi connectivity index (χ2n) is 5.67. The molecule has 0 aliphatic heterocycles. The Labute approximate surface area is 122 Å². The van der Waals surface area contributed by atoms with Crippen molar-refractivity contribution in [3.8, 4) is 0 Å². The number of methoxy groups -OCH3 is 1. The van der Waals surface area contributed by atoms with E-state index in [1.54, 1.807) is 7.11 Å². The fraction of sp³-hybridized carbons (Fsp3) is 0.375. The van der Waals surface area contributed by atoms with E-state index in [-0.39, 0.29) is 0 Å². The Kier molecular flexibility index (Phi) is 2.82. The van der Waals surface area contributed by atoms with Crippen molar-refractivity contribution in [2.45, 2.75) is 31.4 Å². The number of anilines is 1. The molecule has 0 amide bonds. The number of nitrogens with two attached hydrogens (primary N) is 1. The highest BCUT2D eigenvalue weighted by Gasteiger charge is 2.28. The zero-order chi connectivity index (χ0) is 14.4. The van der Waals surface area contributed by atoms with E-state index in [0.29, 0.717) is 18.1 Å². The van der Waals surface area contributed by atoms with Crippen molar-refractivity contribution in [1.29, 1.82) is 0 Å². The molecule has 2 aromatic heterocycles. The monoisotopic (exact) mass is 282 g/mol. The van der Waals surface area contributed by atoms with Crippen LogP contribution in [0.1, 0.15) is 25.3 Å². The van der Waals surface area contributed by atoms with Crippen molar-refractivity contribution in [3.05, 3.63) is 30.5 Å². The van der Waals surface area contributed by atoms with Crippen LogP contribution < -0.4 is 5.73 Å². The molecule has 108 valence electrons. The van der Waals surface area contributed by atoms with Crippen LogP contribution in [0.5, 0.6) is 0 Å². The summed E-state index contributed by atoms with van der Waals surface area (Å²) in [5.41, 5.74) is 9.14. The summed E-state index contributed by atoms with van der Waals surface area (Å²) >= 11 is 0. The summed E-state index contributed by atoms with van der Waals surface area (Å²) in [7, 11) is 1.78. The number of hydrogen-bond donors (Lipinski definition) is 1. The van der Waals surface area contributed by atoms with Gasteiger partial charge in [-0.05, 0) is 25.3 Å². The zero-order valence-electron chi connectivity index (χ0n) is 12.0. The van der Waals surface area contributed by atoms with Crippen molar-refractivity contribution in [1.82, 2.24) is 14.5 Å². The van der Waals surface area contributed by atoms with Crippen LogP contribution in [0.4, 0.5) is 5.95 Å². The molecule has 21 heavy (non-hydrogen) atoms. The lowest BCUT2D eigenvalue weighted by Crippen LogP contribution is -2.11. The van der Waals surface area contributed by atoms with Crippen LogP contribution in [0.25, 0.3) is 21.9 Å². The number of para-hydroxylation sites is 1. The highest BCUT2D eigenvalue weighted by atomic mass is 16.5. The fourth-order valence-electron chi connectivity index (χ4n) is 3.48. The number of fused-ring (bicyclic) bond motifs is 3. The fourth-order valence-corrected chi connectivity index (χ4v) is 3.48. The second kappa shape index (κ2) is 4.70. The number of imidazole rings is 1. The Morgan fingerprint density at radius 1 is 1.24 bits per heavy atom. The van der Waals surface area contributed by atoms with E-state index < -0.39 is 0 Å². The summed E-state index contributed by atoms with van der Waals surface area (Å²) in [5, 5.41) is 1.11. The van der Waals surface area contributed by atoms with Crippen LogP contribution in [0.15, 0.2) is 30.5 Å². The Bertz CT molecular complexity index is 810. The Hall–Kier alpha value is -2.14. The van der Waals surface area contributed by atoms with Crippen LogP contribution in [0, 0.1) is 0 Å². The van der Waals surface area contributed by atoms with E-state index in [2.05, 4.69) is 20.6 Å². The number of benzene rings is 1. The molecule has 0 bridgehead atoms. The molecular weight excluding hydrogens is 264 g/mol. The molecule has 4 rings (SSSR count). The van der Waals surface area contributed by atoms with Crippen molar-refractivity contribution in [3.63, 3.8) is 0 Å². The molecule has 0 spiro atoms. The highest BCUT2D eigenvalue weighted by molar-refractivity contribution is 6.03. The first-order valence-electron chi connectivity index (χ1n) is 7.32. The number of hydrogen-bond acceptors (Lipinski definition) is 4. The van der Waals surface area contributed by atoms with Crippen LogP contribution in [0.2, 0.25) is 0 Å². The third-order valence-electron chi connectivity index (χ3n) is 4.51. The molecule has 1 aromatic carbocycles. The number of pyridine rings is 1. The molecule has 1 saturated carbocycles. The van der Waals surface area contributed by atoms with E-state index in [1.165, 1.54) is 0 Å². The predicted octanol–water partition coefficient (Wildman–Crippen LogP) is 2.91. The van der Waals surface area contributed by atoms with E-state index in [1.807, 2.05) is 24.4 Å². The van der Waals surface area contributed by atoms with Gasteiger partial charge in [-0.3, -0.25) is 4.98 Å². The molecule has 5 nitrogen and oxygen atoms in total. The SMILES string of the molecule is COC1CCC(n2c(N)nc3cnc4ccccc4c32)C1. The smallest absolute Gasteiger partial charge is 0.201 e. The van der Waals surface area contributed by atoms with Gasteiger partial charge in [0.05, 0.1) is 23.3 Å². The molecule has 1 aliphatic carbocycles. The average molecular weight is 282 g/mol. The molecule has 3 aromatic rings. The molecule has 0 saturated heterocycles. The molecule has 0 radical (unpaired) electrons. The van der Waals surface area contributed by atoms with Gasteiger partial charge in [-0.1, -0.05) is 18.2 Å². The largest absolute Gasteiger partial charge is 0.381 e. The summed E-state index contributed by atoms with van der Waals surface area (Å²) in [6.45, 7) is 0. The first-order valence-corrected chi connectivity index (χ1v) is 7.32. The molecule has 1 aliphatic rings. The van der Waals surface area contributed by atoms with Gasteiger partial charge in [0.25, 0.3) is 0 Å². The van der Waals surface area contributed by atoms with Crippen molar-refractivity contribution in [2.24, 2.45) is 0 Å². The van der Waals surface area contributed by atoms with Crippen molar-refractivity contribution >= 4 is 27.9 Å². The van der Waals surface area contributed by atoms with Gasteiger partial charge < -0.3 is 15.0 Å². The molecule has 1 fully saturated rings. The Balaban J connectivity index is 1.95. The maximum atomic E-state index is 6.19. The molecular formula is C16H18N4O. The number of ether oxygens (including phenoxy) is 1. The number of aromatic nitrogens is 3. The van der Waals surface area contributed by atoms with Gasteiger partial charge >= 0.3 is 0 Å². The average Bonchev–Trinajstić information content (AvgIpc) is 3.10. The normalized spacial score (nSPS) is 22.3. The number of nitrogen functional groups attached to an aromatic ring is 1. The van der Waals surface area contributed by atoms with Gasteiger partial charge in [-0.2, -0.15) is 0 Å². The van der Waals surface area contributed by atoms with Gasteiger partial charge in [-0.25, -0.2) is 4.98 Å². The van der Waals surface area contributed by atoms with Gasteiger partial charge in [0.1, 0.15) is 5.52 Å². The van der Waals surface area contributed by atoms with Gasteiger partial charge in [0.15, 0.2) is 0 Å². The van der Waals surface area contributed by atoms with Gasteiger partial charge in [0.2, 0.25) is 5.95 Å². The topological polar surface area (TPSA) is 66.0 Å². The molecule has 2 unspecified atom stereocenters. The van der Waals surface area contributed by atoms with Crippen LogP contribution in [-0.4, -0.2) is 27.7 Å². The quantitative estimate of drug-likeness (QED) is 0.785. The predicted molar refractivity (Wildman–Crippen MR) is 83.1 cm³/mol. The summed E-state index contributed by atoms with van der Waals surface area (Å²) in [6.07, 6.45) is 5.27. The second-order valence-corrected chi connectivity index (χ2v) is 5.67. The minimum absolute atomic E-state index is 0.319. The molecule has 2 heterocycles. The zero-order valence-corrected chi connectivity index (χ0v) is 12.0. The van der Waals surface area contributed by atoms with Crippen LogP contribution in [0.3, 0.4) is 0 Å². The Morgan fingerprint density at radius 3 is 2.90 bits per heavy atom. The number of nitrogens with zero attached hydrogens (tertiary/aromatic N) is 3. The lowest BCUT2D eigenvalue weighted by Gasteiger charge is -2.16. The minimum atomic E-state index is 0.319. The Morgan fingerprint density at radius 2 is 2.10 bits per heavy atom. The van der Waals surface area contributed by atoms with Crippen LogP contribution in [-0.2, 0) is 4.74 Å². The maximum absolute atomic E-state index is 6.19. The lowest BCUT2D eigenvalue weighted by atomic mass is 10.1. The summed E-state index contributed by atoms with van der Waals surface area (Å²) in [5.74, 6) is 0.574. The van der Waals surface area contributed by atoms with Crippen molar-refractivity contribution in [2.75, 3.05) is 12.8 Å². The van der Waals surface area contributed by atoms with E-state index in [4.69, 9.17) is 10.5 Å². The van der Waals surface area contributed by atoms with Crippen LogP contribution >= 0.6 is 0 Å².